The fourth-order valence-electron chi connectivity index (χ4n) is 3.70. The minimum Gasteiger partial charge on any atom is -0.314 e. The Labute approximate surface area is 146 Å². The zero-order chi connectivity index (χ0) is 17.7. The van der Waals surface area contributed by atoms with Gasteiger partial charge < -0.3 is 4.90 Å². The number of aryl methyl sites for hydroxylation is 2. The molecule has 2 aromatic carbocycles. The first kappa shape index (κ1) is 15.4. The van der Waals surface area contributed by atoms with E-state index in [1.807, 2.05) is 62.0 Å². The molecule has 3 aromatic rings. The number of fused-ring (bicyclic) bond motifs is 3. The molecule has 25 heavy (non-hydrogen) atoms. The third kappa shape index (κ3) is 2.14. The van der Waals surface area contributed by atoms with Gasteiger partial charge in [-0.1, -0.05) is 36.4 Å². The van der Waals surface area contributed by atoms with E-state index in [2.05, 4.69) is 11.2 Å². The molecule has 1 amide bonds. The fourth-order valence-corrected chi connectivity index (χ4v) is 3.70. The van der Waals surface area contributed by atoms with E-state index in [4.69, 9.17) is 0 Å². The van der Waals surface area contributed by atoms with Gasteiger partial charge >= 0.3 is 0 Å². The molecule has 2 heterocycles. The third-order valence-corrected chi connectivity index (χ3v) is 5.15. The van der Waals surface area contributed by atoms with Gasteiger partial charge in [0.05, 0.1) is 23.9 Å². The third-order valence-electron chi connectivity index (χ3n) is 5.15. The maximum absolute atomic E-state index is 13.2. The van der Waals surface area contributed by atoms with Gasteiger partial charge in [0.2, 0.25) is 0 Å². The first-order valence-electron chi connectivity index (χ1n) is 8.24. The van der Waals surface area contributed by atoms with E-state index in [1.54, 1.807) is 4.90 Å². The van der Waals surface area contributed by atoms with Crippen molar-refractivity contribution in [1.29, 1.82) is 5.26 Å². The number of nitrogens with zero attached hydrogens (tertiary/aromatic N) is 4. The van der Waals surface area contributed by atoms with Crippen LogP contribution in [0.15, 0.2) is 36.4 Å². The van der Waals surface area contributed by atoms with Gasteiger partial charge in [0.1, 0.15) is 6.04 Å². The lowest BCUT2D eigenvalue weighted by Gasteiger charge is -2.20. The first-order chi connectivity index (χ1) is 12.0. The van der Waals surface area contributed by atoms with E-state index in [0.29, 0.717) is 12.1 Å². The van der Waals surface area contributed by atoms with Crippen molar-refractivity contribution in [3.63, 3.8) is 0 Å². The van der Waals surface area contributed by atoms with Crippen LogP contribution >= 0.6 is 0 Å². The van der Waals surface area contributed by atoms with Crippen LogP contribution in [0.4, 0.5) is 0 Å². The molecule has 4 rings (SSSR count). The molecule has 1 aromatic heterocycles. The number of hydrogen-bond donors (Lipinski definition) is 0. The van der Waals surface area contributed by atoms with Gasteiger partial charge in [0.15, 0.2) is 0 Å². The number of aromatic nitrogens is 2. The van der Waals surface area contributed by atoms with Crippen molar-refractivity contribution in [2.24, 2.45) is 7.05 Å². The minimum atomic E-state index is -0.564. The number of benzene rings is 2. The second-order valence-electron chi connectivity index (χ2n) is 6.49. The van der Waals surface area contributed by atoms with Crippen molar-refractivity contribution in [3.05, 3.63) is 64.5 Å². The highest BCUT2D eigenvalue weighted by Crippen LogP contribution is 2.38. The molecule has 0 bridgehead atoms. The number of carbonyl (C=O) groups is 1. The smallest absolute Gasteiger partial charge is 0.256 e. The van der Waals surface area contributed by atoms with Crippen LogP contribution in [-0.4, -0.2) is 20.6 Å². The molecule has 5 heteroatoms. The molecule has 0 aliphatic carbocycles. The van der Waals surface area contributed by atoms with Crippen LogP contribution in [0, 0.1) is 25.2 Å². The summed E-state index contributed by atoms with van der Waals surface area (Å²) in [5.41, 5.74) is 4.37. The maximum Gasteiger partial charge on any atom is 0.256 e. The second-order valence-corrected chi connectivity index (χ2v) is 6.49. The molecular weight excluding hydrogens is 312 g/mol. The van der Waals surface area contributed by atoms with E-state index >= 15 is 0 Å². The van der Waals surface area contributed by atoms with Crippen LogP contribution in [0.1, 0.15) is 38.9 Å². The van der Waals surface area contributed by atoms with Crippen LogP contribution in [0.2, 0.25) is 0 Å². The Morgan fingerprint density at radius 2 is 1.96 bits per heavy atom. The van der Waals surface area contributed by atoms with Crippen LogP contribution in [-0.2, 0) is 13.6 Å². The molecule has 0 saturated heterocycles. The van der Waals surface area contributed by atoms with Gasteiger partial charge in [-0.2, -0.15) is 10.4 Å². The normalized spacial score (nSPS) is 16.3. The van der Waals surface area contributed by atoms with Crippen molar-refractivity contribution in [2.45, 2.75) is 26.4 Å². The Kier molecular flexibility index (Phi) is 3.36. The monoisotopic (exact) mass is 330 g/mol. The quantitative estimate of drug-likeness (QED) is 0.723. The number of amides is 1. The van der Waals surface area contributed by atoms with Gasteiger partial charge in [-0.3, -0.25) is 9.48 Å². The first-order valence-corrected chi connectivity index (χ1v) is 8.24. The van der Waals surface area contributed by atoms with E-state index in [0.717, 1.165) is 33.3 Å². The Morgan fingerprint density at radius 3 is 2.64 bits per heavy atom. The summed E-state index contributed by atoms with van der Waals surface area (Å²) in [5.74, 6) is -0.0824. The summed E-state index contributed by atoms with van der Waals surface area (Å²) in [6.07, 6.45) is 0. The molecule has 0 radical (unpaired) electrons. The molecule has 124 valence electrons. The molecular formula is C20H18N4O. The highest BCUT2D eigenvalue weighted by molar-refractivity contribution is 6.11. The van der Waals surface area contributed by atoms with Gasteiger partial charge in [-0.05, 0) is 24.6 Å². The number of hydrogen-bond acceptors (Lipinski definition) is 3. The Bertz CT molecular complexity index is 1060. The fraction of sp³-hybridized carbons (Fsp3) is 0.250. The molecule has 1 atom stereocenters. The molecule has 1 aliphatic heterocycles. The highest BCUT2D eigenvalue weighted by atomic mass is 16.2. The summed E-state index contributed by atoms with van der Waals surface area (Å²) in [5, 5.41) is 16.1. The second kappa shape index (κ2) is 5.45. The number of carbonyl (C=O) groups excluding carboxylic acids is 1. The molecule has 0 N–H and O–H groups in total. The summed E-state index contributed by atoms with van der Waals surface area (Å²) >= 11 is 0. The predicted octanol–water partition coefficient (Wildman–Crippen LogP) is 3.41. The van der Waals surface area contributed by atoms with Gasteiger partial charge in [-0.15, -0.1) is 0 Å². The van der Waals surface area contributed by atoms with E-state index < -0.39 is 6.04 Å². The van der Waals surface area contributed by atoms with Crippen LogP contribution in [0.25, 0.3) is 10.8 Å². The lowest BCUT2D eigenvalue weighted by atomic mass is 9.98. The average molecular weight is 330 g/mol. The Balaban J connectivity index is 1.84. The molecule has 0 spiro atoms. The minimum absolute atomic E-state index is 0.0824. The lowest BCUT2D eigenvalue weighted by molar-refractivity contribution is 0.0745. The van der Waals surface area contributed by atoms with Crippen molar-refractivity contribution in [3.8, 4) is 6.07 Å². The van der Waals surface area contributed by atoms with Gasteiger partial charge in [0.25, 0.3) is 5.91 Å². The summed E-state index contributed by atoms with van der Waals surface area (Å²) in [4.78, 5) is 14.8. The molecule has 5 nitrogen and oxygen atoms in total. The van der Waals surface area contributed by atoms with E-state index in [-0.39, 0.29) is 5.91 Å². The van der Waals surface area contributed by atoms with E-state index in [1.165, 1.54) is 0 Å². The molecule has 1 aliphatic rings. The maximum atomic E-state index is 13.2. The predicted molar refractivity (Wildman–Crippen MR) is 94.9 cm³/mol. The van der Waals surface area contributed by atoms with Crippen LogP contribution in [0.3, 0.4) is 0 Å². The zero-order valence-electron chi connectivity index (χ0n) is 14.4. The SMILES string of the molecule is Cc1nn(C)c(C)c1CN1C(=O)c2c(ccc3ccccc23)C1C#N. The Hall–Kier alpha value is -3.13. The standard InChI is InChI=1S/C20H18N4O/c1-12-17(13(2)23(3)22-12)11-24-18(10-21)16-9-8-14-6-4-5-7-15(14)19(16)20(24)25/h4-9,18H,11H2,1-3H3. The average Bonchev–Trinajstić information content (AvgIpc) is 3.03. The Morgan fingerprint density at radius 1 is 1.20 bits per heavy atom. The highest BCUT2D eigenvalue weighted by Gasteiger charge is 2.38. The largest absolute Gasteiger partial charge is 0.314 e. The van der Waals surface area contributed by atoms with Crippen LogP contribution < -0.4 is 0 Å². The summed E-state index contributed by atoms with van der Waals surface area (Å²) in [6.45, 7) is 4.32. The molecule has 0 fully saturated rings. The van der Waals surface area contributed by atoms with Crippen molar-refractivity contribution < 1.29 is 4.79 Å². The number of rotatable bonds is 2. The summed E-state index contributed by atoms with van der Waals surface area (Å²) in [7, 11) is 1.89. The van der Waals surface area contributed by atoms with Gasteiger partial charge in [-0.25, -0.2) is 0 Å². The summed E-state index contributed by atoms with van der Waals surface area (Å²) in [6, 6.07) is 13.5. The number of nitriles is 1. The summed E-state index contributed by atoms with van der Waals surface area (Å²) < 4.78 is 1.81. The molecule has 0 saturated carbocycles. The van der Waals surface area contributed by atoms with Crippen molar-refractivity contribution >= 4 is 16.7 Å². The lowest BCUT2D eigenvalue weighted by Crippen LogP contribution is -2.27. The zero-order valence-corrected chi connectivity index (χ0v) is 14.4. The molecule has 1 unspecified atom stereocenters. The van der Waals surface area contributed by atoms with Crippen LogP contribution in [0.5, 0.6) is 0 Å². The van der Waals surface area contributed by atoms with Crippen molar-refractivity contribution in [2.75, 3.05) is 0 Å². The van der Waals surface area contributed by atoms with Crippen molar-refractivity contribution in [1.82, 2.24) is 14.7 Å². The topological polar surface area (TPSA) is 61.9 Å². The van der Waals surface area contributed by atoms with E-state index in [9.17, 15) is 10.1 Å². The van der Waals surface area contributed by atoms with Gasteiger partial charge in [0, 0.05) is 23.9 Å².